The molecule has 0 heterocycles. The van der Waals surface area contributed by atoms with Crippen molar-refractivity contribution in [1.82, 2.24) is 0 Å². The molecule has 0 aromatic heterocycles. The lowest BCUT2D eigenvalue weighted by molar-refractivity contribution is 0.319. The third-order valence-corrected chi connectivity index (χ3v) is 6.02. The van der Waals surface area contributed by atoms with E-state index in [1.165, 1.54) is 103 Å². The molecular formula is C70H200. The molecule has 70 heavy (non-hydrogen) atoms. The maximum atomic E-state index is 2.33. The molecule has 0 aliphatic heterocycles. The molecule has 0 nitrogen and oxygen atoms in total. The van der Waals surface area contributed by atoms with Crippen LogP contribution in [0.2, 0.25) is 0 Å². The fraction of sp³-hybridized carbons (Fsp3) is 1.00. The van der Waals surface area contributed by atoms with Crippen LogP contribution in [0.25, 0.3) is 0 Å². The van der Waals surface area contributed by atoms with E-state index < -0.39 is 0 Å². The lowest BCUT2D eigenvalue weighted by atomic mass is 9.86. The molecule has 0 radical (unpaired) electrons. The maximum absolute atomic E-state index is 2.33. The van der Waals surface area contributed by atoms with Gasteiger partial charge in [0.2, 0.25) is 0 Å². The second-order valence-corrected chi connectivity index (χ2v) is 17.0. The van der Waals surface area contributed by atoms with Crippen molar-refractivity contribution in [2.75, 3.05) is 0 Å². The monoisotopic (exact) mass is 1040 g/mol. The molecule has 0 aromatic rings. The van der Waals surface area contributed by atoms with Crippen LogP contribution in [-0.2, 0) is 0 Å². The lowest BCUT2D eigenvalue weighted by Gasteiger charge is -2.20. The van der Waals surface area contributed by atoms with Gasteiger partial charge in [-0.2, -0.15) is 0 Å². The average molecular weight is 1040 g/mol. The standard InChI is InChI=1S/C8H18.3C6H14.C5H12.7C3H8.18CH4/c1-5-7-8(3,4)6-2;1-5-6(2,3)4;1-4-5-6(2)3;1-4-6(3)5-2;1-4-5(2)3;7*1-3-2;;;;;;;;;;;;;;;;;;/h5-7H2,1-4H3;5H2,1-4H3;2*6H,4-5H2,1-3H3;5H,4H2,1-3H3;7*3H2,1-2H3;18*1H4. The van der Waals surface area contributed by atoms with E-state index in [0.29, 0.717) is 10.8 Å². The topological polar surface area (TPSA) is 0 Å². The number of rotatable bonds is 8. The smallest absolute Gasteiger partial charge is 0.0357 e. The fourth-order valence-corrected chi connectivity index (χ4v) is 1.72. The summed E-state index contributed by atoms with van der Waals surface area (Å²) in [5.74, 6) is 2.72. The van der Waals surface area contributed by atoms with E-state index >= 15 is 0 Å². The second kappa shape index (κ2) is 233. The Balaban J connectivity index is -0.00000000883. The van der Waals surface area contributed by atoms with Crippen molar-refractivity contribution in [2.24, 2.45) is 28.6 Å². The normalized spacial score (nSPS) is 6.60. The highest BCUT2D eigenvalue weighted by molar-refractivity contribution is 4.64. The third kappa shape index (κ3) is 846. The zero-order chi connectivity index (χ0) is 45.0. The predicted octanol–water partition coefficient (Wildman–Crippen LogP) is 34.0. The SMILES string of the molecule is C.C.C.C.C.C.C.C.C.C.C.C.C.C.C.C.C.C.CCC.CCC.CCC.CCC.CCC.CCC.CCC.CCC(C)(C)C.CCC(C)C.CCC(C)CC.CCCC(C)(C)CC.CCCC(C)C. The van der Waals surface area contributed by atoms with Crippen LogP contribution in [0, 0.1) is 28.6 Å². The van der Waals surface area contributed by atoms with E-state index in [2.05, 4.69) is 215 Å². The third-order valence-electron chi connectivity index (χ3n) is 6.02. The summed E-state index contributed by atoms with van der Waals surface area (Å²) >= 11 is 0. The first-order chi connectivity index (χ1) is 23.9. The van der Waals surface area contributed by atoms with Crippen LogP contribution in [0.3, 0.4) is 0 Å². The Labute approximate surface area is 477 Å². The van der Waals surface area contributed by atoms with Crippen molar-refractivity contribution < 1.29 is 0 Å². The van der Waals surface area contributed by atoms with Gasteiger partial charge in [0.05, 0.1) is 0 Å². The summed E-state index contributed by atoms with van der Waals surface area (Å²) in [6.45, 7) is 68.0. The zero-order valence-electron chi connectivity index (χ0n) is 45.0. The summed E-state index contributed by atoms with van der Waals surface area (Å²) in [5, 5.41) is 0. The van der Waals surface area contributed by atoms with Gasteiger partial charge < -0.3 is 0 Å². The first-order valence-electron chi connectivity index (χ1n) is 23.9. The van der Waals surface area contributed by atoms with Gasteiger partial charge in [-0.1, -0.05) is 445 Å². The number of hydrogen-bond donors (Lipinski definition) is 0. The Morgan fingerprint density at radius 1 is 0.257 bits per heavy atom. The Kier molecular flexibility index (Phi) is 693. The van der Waals surface area contributed by atoms with Crippen molar-refractivity contribution in [3.8, 4) is 0 Å². The molecule has 0 aliphatic carbocycles. The van der Waals surface area contributed by atoms with Crippen molar-refractivity contribution in [3.63, 3.8) is 0 Å². The first-order valence-corrected chi connectivity index (χ1v) is 23.9. The molecule has 480 valence electrons. The van der Waals surface area contributed by atoms with Crippen molar-refractivity contribution >= 4 is 0 Å². The van der Waals surface area contributed by atoms with E-state index in [0.717, 1.165) is 17.8 Å². The molecule has 0 N–H and O–H groups in total. The van der Waals surface area contributed by atoms with Gasteiger partial charge in [0.15, 0.2) is 0 Å². The van der Waals surface area contributed by atoms with E-state index in [-0.39, 0.29) is 134 Å². The molecule has 0 saturated heterocycles. The van der Waals surface area contributed by atoms with Gasteiger partial charge in [-0.05, 0) is 35.0 Å². The van der Waals surface area contributed by atoms with E-state index in [9.17, 15) is 0 Å². The summed E-state index contributed by atoms with van der Waals surface area (Å²) in [5.41, 5.74) is 1.13. The lowest BCUT2D eigenvalue weighted by Crippen LogP contribution is -2.07. The van der Waals surface area contributed by atoms with E-state index in [1.54, 1.807) is 0 Å². The molecule has 0 heteroatoms. The van der Waals surface area contributed by atoms with Gasteiger partial charge >= 0.3 is 0 Å². The fourth-order valence-electron chi connectivity index (χ4n) is 1.72. The highest BCUT2D eigenvalue weighted by atomic mass is 14.2. The van der Waals surface area contributed by atoms with Crippen LogP contribution in [0.4, 0.5) is 0 Å². The van der Waals surface area contributed by atoms with Gasteiger partial charge in [0.25, 0.3) is 0 Å². The Bertz CT molecular complexity index is 344. The predicted molar refractivity (Wildman–Crippen MR) is 386 cm³/mol. The van der Waals surface area contributed by atoms with Gasteiger partial charge in [-0.25, -0.2) is 0 Å². The molecule has 0 atom stereocenters. The molecule has 0 aromatic carbocycles. The van der Waals surface area contributed by atoms with Crippen LogP contribution in [0.1, 0.15) is 451 Å². The molecular weight excluding hydrogens is 841 g/mol. The average Bonchev–Trinajstić information content (AvgIpc) is 3.04. The quantitative estimate of drug-likeness (QED) is 0.227. The van der Waals surface area contributed by atoms with E-state index in [1.807, 2.05) is 0 Å². The van der Waals surface area contributed by atoms with Gasteiger partial charge in [0.1, 0.15) is 0 Å². The summed E-state index contributed by atoms with van der Waals surface area (Å²) in [7, 11) is 0. The minimum atomic E-state index is 0. The Morgan fingerprint density at radius 2 is 0.414 bits per heavy atom. The molecule has 0 fully saturated rings. The van der Waals surface area contributed by atoms with Gasteiger partial charge in [-0.3, -0.25) is 0 Å². The molecule has 0 saturated carbocycles. The van der Waals surface area contributed by atoms with Crippen molar-refractivity contribution in [2.45, 2.75) is 451 Å². The summed E-state index contributed by atoms with van der Waals surface area (Å²) in [4.78, 5) is 0. The molecule has 0 spiro atoms. The van der Waals surface area contributed by atoms with Crippen LogP contribution in [-0.4, -0.2) is 0 Å². The van der Waals surface area contributed by atoms with Gasteiger partial charge in [0, 0.05) is 0 Å². The molecule has 0 bridgehead atoms. The molecule has 0 rings (SSSR count). The van der Waals surface area contributed by atoms with Crippen molar-refractivity contribution in [3.05, 3.63) is 0 Å². The number of hydrogen-bond acceptors (Lipinski definition) is 0. The Hall–Kier alpha value is 0. The van der Waals surface area contributed by atoms with Crippen LogP contribution < -0.4 is 0 Å². The van der Waals surface area contributed by atoms with E-state index in [4.69, 9.17) is 0 Å². The second-order valence-electron chi connectivity index (χ2n) is 17.0. The minimum absolute atomic E-state index is 0. The van der Waals surface area contributed by atoms with Crippen LogP contribution >= 0.6 is 0 Å². The zero-order valence-corrected chi connectivity index (χ0v) is 45.0. The largest absolute Gasteiger partial charge is 0.0776 e. The maximum Gasteiger partial charge on any atom is -0.0357 e. The summed E-state index contributed by atoms with van der Waals surface area (Å²) in [6, 6.07) is 0. The first kappa shape index (κ1) is 208. The highest BCUT2D eigenvalue weighted by Crippen LogP contribution is 2.25. The van der Waals surface area contributed by atoms with Crippen LogP contribution in [0.15, 0.2) is 0 Å². The molecule has 0 unspecified atom stereocenters. The van der Waals surface area contributed by atoms with Gasteiger partial charge in [-0.15, -0.1) is 0 Å². The summed E-state index contributed by atoms with van der Waals surface area (Å²) in [6.07, 6.45) is 20.7. The summed E-state index contributed by atoms with van der Waals surface area (Å²) < 4.78 is 0. The molecule has 0 amide bonds. The van der Waals surface area contributed by atoms with Crippen molar-refractivity contribution in [1.29, 1.82) is 0 Å². The molecule has 0 aliphatic rings. The highest BCUT2D eigenvalue weighted by Gasteiger charge is 2.11. The Morgan fingerprint density at radius 3 is 0.429 bits per heavy atom. The minimum Gasteiger partial charge on any atom is -0.0776 e. The van der Waals surface area contributed by atoms with Crippen LogP contribution in [0.5, 0.6) is 0 Å².